The lowest BCUT2D eigenvalue weighted by Crippen LogP contribution is -2.35. The van der Waals surface area contributed by atoms with Gasteiger partial charge in [-0.15, -0.1) is 0 Å². The van der Waals surface area contributed by atoms with Crippen LogP contribution < -0.4 is 9.47 Å². The molecule has 1 aliphatic rings. The van der Waals surface area contributed by atoms with Crippen molar-refractivity contribution in [3.8, 4) is 11.6 Å². The lowest BCUT2D eigenvalue weighted by Gasteiger charge is -2.31. The van der Waals surface area contributed by atoms with E-state index in [0.717, 1.165) is 67.5 Å². The highest BCUT2D eigenvalue weighted by Gasteiger charge is 2.21. The van der Waals surface area contributed by atoms with Crippen molar-refractivity contribution in [2.45, 2.75) is 33.2 Å². The number of aryl methyl sites for hydroxylation is 1. The quantitative estimate of drug-likeness (QED) is 0.806. The predicted molar refractivity (Wildman–Crippen MR) is 98.0 cm³/mol. The third-order valence-corrected chi connectivity index (χ3v) is 4.93. The van der Waals surface area contributed by atoms with E-state index in [1.165, 1.54) is 0 Å². The van der Waals surface area contributed by atoms with E-state index in [9.17, 15) is 0 Å². The molecule has 0 N–H and O–H groups in total. The molecule has 1 aliphatic heterocycles. The Morgan fingerprint density at radius 3 is 2.64 bits per heavy atom. The largest absolute Gasteiger partial charge is 0.496 e. The molecule has 0 radical (unpaired) electrons. The fourth-order valence-corrected chi connectivity index (χ4v) is 3.39. The van der Waals surface area contributed by atoms with Crippen LogP contribution in [0.2, 0.25) is 0 Å². The molecular weight excluding hydrogens is 314 g/mol. The van der Waals surface area contributed by atoms with Gasteiger partial charge in [0, 0.05) is 36.1 Å². The first-order chi connectivity index (χ1) is 12.2. The van der Waals surface area contributed by atoms with Gasteiger partial charge in [-0.25, -0.2) is 4.98 Å². The Labute approximate surface area is 150 Å². The number of likely N-dealkylation sites (tertiary alicyclic amines) is 1. The summed E-state index contributed by atoms with van der Waals surface area (Å²) in [5, 5.41) is 0. The van der Waals surface area contributed by atoms with E-state index in [0.29, 0.717) is 5.92 Å². The highest BCUT2D eigenvalue weighted by molar-refractivity contribution is 5.41. The summed E-state index contributed by atoms with van der Waals surface area (Å²) in [6, 6.07) is 5.77. The molecule has 2 aromatic rings. The third-order valence-electron chi connectivity index (χ3n) is 4.93. The van der Waals surface area contributed by atoms with Crippen molar-refractivity contribution in [3.63, 3.8) is 0 Å². The molecular formula is C20H27N3O2. The van der Waals surface area contributed by atoms with E-state index in [1.54, 1.807) is 13.3 Å². The molecule has 0 aromatic carbocycles. The van der Waals surface area contributed by atoms with Crippen LogP contribution in [0.15, 0.2) is 30.6 Å². The van der Waals surface area contributed by atoms with E-state index in [-0.39, 0.29) is 0 Å². The van der Waals surface area contributed by atoms with Gasteiger partial charge in [0.2, 0.25) is 5.88 Å². The molecule has 1 fully saturated rings. The Morgan fingerprint density at radius 2 is 1.96 bits per heavy atom. The molecule has 25 heavy (non-hydrogen) atoms. The van der Waals surface area contributed by atoms with Gasteiger partial charge in [0.1, 0.15) is 5.75 Å². The summed E-state index contributed by atoms with van der Waals surface area (Å²) < 4.78 is 11.3. The monoisotopic (exact) mass is 341 g/mol. The fraction of sp³-hybridized carbons (Fsp3) is 0.500. The van der Waals surface area contributed by atoms with E-state index >= 15 is 0 Å². The van der Waals surface area contributed by atoms with Gasteiger partial charge in [-0.2, -0.15) is 0 Å². The zero-order chi connectivity index (χ0) is 17.6. The Hall–Kier alpha value is -2.14. The van der Waals surface area contributed by atoms with Crippen LogP contribution in [0.1, 0.15) is 29.7 Å². The van der Waals surface area contributed by atoms with Crippen LogP contribution in [0.4, 0.5) is 0 Å². The zero-order valence-electron chi connectivity index (χ0n) is 15.4. The lowest BCUT2D eigenvalue weighted by molar-refractivity contribution is 0.133. The molecule has 0 amide bonds. The van der Waals surface area contributed by atoms with Crippen molar-refractivity contribution in [2.75, 3.05) is 26.8 Å². The van der Waals surface area contributed by atoms with Crippen molar-refractivity contribution < 1.29 is 9.47 Å². The molecule has 1 saturated heterocycles. The lowest BCUT2D eigenvalue weighted by atomic mass is 9.97. The minimum Gasteiger partial charge on any atom is -0.496 e. The van der Waals surface area contributed by atoms with Gasteiger partial charge in [-0.3, -0.25) is 9.88 Å². The van der Waals surface area contributed by atoms with E-state index in [1.807, 2.05) is 31.3 Å². The van der Waals surface area contributed by atoms with Crippen LogP contribution in [0.25, 0.3) is 0 Å². The van der Waals surface area contributed by atoms with Gasteiger partial charge in [0.15, 0.2) is 0 Å². The normalized spacial score (nSPS) is 16.0. The summed E-state index contributed by atoms with van der Waals surface area (Å²) in [7, 11) is 1.73. The Bertz CT molecular complexity index is 683. The predicted octanol–water partition coefficient (Wildman–Crippen LogP) is 3.39. The van der Waals surface area contributed by atoms with Gasteiger partial charge in [0.25, 0.3) is 0 Å². The van der Waals surface area contributed by atoms with E-state index < -0.39 is 0 Å². The second-order valence-corrected chi connectivity index (χ2v) is 6.74. The first-order valence-corrected chi connectivity index (χ1v) is 8.92. The Kier molecular flexibility index (Phi) is 5.87. The summed E-state index contributed by atoms with van der Waals surface area (Å²) in [5.41, 5.74) is 3.36. The highest BCUT2D eigenvalue weighted by Crippen LogP contribution is 2.26. The summed E-state index contributed by atoms with van der Waals surface area (Å²) in [5.74, 6) is 2.28. The second kappa shape index (κ2) is 8.30. The molecule has 3 heterocycles. The minimum atomic E-state index is 0.597. The van der Waals surface area contributed by atoms with Crippen LogP contribution in [0.5, 0.6) is 11.6 Å². The number of hydrogen-bond acceptors (Lipinski definition) is 5. The van der Waals surface area contributed by atoms with E-state index in [2.05, 4.69) is 21.8 Å². The first-order valence-electron chi connectivity index (χ1n) is 8.92. The van der Waals surface area contributed by atoms with Gasteiger partial charge in [-0.05, 0) is 51.8 Å². The van der Waals surface area contributed by atoms with Crippen molar-refractivity contribution in [3.05, 3.63) is 47.4 Å². The molecule has 5 heteroatoms. The molecule has 0 unspecified atom stereocenters. The summed E-state index contributed by atoms with van der Waals surface area (Å²) >= 11 is 0. The summed E-state index contributed by atoms with van der Waals surface area (Å²) in [6.45, 7) is 7.93. The number of ether oxygens (including phenoxy) is 2. The first kappa shape index (κ1) is 17.7. The van der Waals surface area contributed by atoms with Crippen molar-refractivity contribution >= 4 is 0 Å². The van der Waals surface area contributed by atoms with Crippen LogP contribution in [0.3, 0.4) is 0 Å². The van der Waals surface area contributed by atoms with Gasteiger partial charge < -0.3 is 9.47 Å². The molecule has 0 aliphatic carbocycles. The fourth-order valence-electron chi connectivity index (χ4n) is 3.39. The topological polar surface area (TPSA) is 47.5 Å². The molecule has 0 atom stereocenters. The molecule has 2 aromatic heterocycles. The molecule has 0 spiro atoms. The Morgan fingerprint density at radius 1 is 1.16 bits per heavy atom. The molecule has 0 bridgehead atoms. The Balaban J connectivity index is 1.50. The average Bonchev–Trinajstić information content (AvgIpc) is 2.65. The molecule has 5 nitrogen and oxygen atoms in total. The van der Waals surface area contributed by atoms with Crippen molar-refractivity contribution in [1.29, 1.82) is 0 Å². The number of nitrogens with zero attached hydrogens (tertiary/aromatic N) is 3. The van der Waals surface area contributed by atoms with E-state index in [4.69, 9.17) is 9.47 Å². The molecule has 0 saturated carbocycles. The number of piperidine rings is 1. The molecule has 134 valence electrons. The van der Waals surface area contributed by atoms with Crippen LogP contribution in [-0.4, -0.2) is 41.7 Å². The maximum absolute atomic E-state index is 5.80. The van der Waals surface area contributed by atoms with Gasteiger partial charge in [-0.1, -0.05) is 6.07 Å². The average molecular weight is 341 g/mol. The number of pyridine rings is 2. The van der Waals surface area contributed by atoms with Crippen LogP contribution in [0, 0.1) is 19.8 Å². The SMILES string of the molecule is COc1c(C)cnc(CN2CCC(COc3ccccn3)CC2)c1C. The van der Waals surface area contributed by atoms with Crippen LogP contribution >= 0.6 is 0 Å². The number of hydrogen-bond donors (Lipinski definition) is 0. The van der Waals surface area contributed by atoms with Gasteiger partial charge >= 0.3 is 0 Å². The smallest absolute Gasteiger partial charge is 0.213 e. The summed E-state index contributed by atoms with van der Waals surface area (Å²) in [4.78, 5) is 11.3. The molecule has 3 rings (SSSR count). The second-order valence-electron chi connectivity index (χ2n) is 6.74. The minimum absolute atomic E-state index is 0.597. The number of aromatic nitrogens is 2. The van der Waals surface area contributed by atoms with Crippen LogP contribution in [-0.2, 0) is 6.54 Å². The van der Waals surface area contributed by atoms with Gasteiger partial charge in [0.05, 0.1) is 19.4 Å². The zero-order valence-corrected chi connectivity index (χ0v) is 15.4. The van der Waals surface area contributed by atoms with Crippen molar-refractivity contribution in [1.82, 2.24) is 14.9 Å². The standard InChI is InChI=1S/C20H27N3O2/c1-15-12-22-18(16(2)20(15)24-3)13-23-10-7-17(8-11-23)14-25-19-6-4-5-9-21-19/h4-6,9,12,17H,7-8,10-11,13-14H2,1-3H3. The maximum atomic E-state index is 5.80. The van der Waals surface area contributed by atoms with Crippen molar-refractivity contribution in [2.24, 2.45) is 5.92 Å². The highest BCUT2D eigenvalue weighted by atomic mass is 16.5. The maximum Gasteiger partial charge on any atom is 0.213 e. The summed E-state index contributed by atoms with van der Waals surface area (Å²) in [6.07, 6.45) is 5.97. The number of methoxy groups -OCH3 is 1. The third kappa shape index (κ3) is 4.48. The number of rotatable bonds is 6.